The van der Waals surface area contributed by atoms with Gasteiger partial charge in [0.1, 0.15) is 11.5 Å². The van der Waals surface area contributed by atoms with Gasteiger partial charge in [-0.3, -0.25) is 9.69 Å². The summed E-state index contributed by atoms with van der Waals surface area (Å²) in [5.74, 6) is 1.68. The lowest BCUT2D eigenvalue weighted by atomic mass is 10.1. The van der Waals surface area contributed by atoms with Gasteiger partial charge in [-0.1, -0.05) is 0 Å². The fourth-order valence-corrected chi connectivity index (χ4v) is 2.34. The van der Waals surface area contributed by atoms with Crippen LogP contribution in [0.25, 0.3) is 0 Å². The zero-order valence-electron chi connectivity index (χ0n) is 10.8. The van der Waals surface area contributed by atoms with Gasteiger partial charge in [0.2, 0.25) is 5.91 Å². The van der Waals surface area contributed by atoms with Crippen molar-refractivity contribution in [3.05, 3.63) is 23.7 Å². The molecule has 1 saturated heterocycles. The van der Waals surface area contributed by atoms with Crippen molar-refractivity contribution in [3.8, 4) is 0 Å². The largest absolute Gasteiger partial charge is 0.465 e. The van der Waals surface area contributed by atoms with Gasteiger partial charge in [-0.05, 0) is 31.9 Å². The molecule has 100 valence electrons. The number of rotatable bonds is 5. The molecule has 0 saturated carbocycles. The van der Waals surface area contributed by atoms with Crippen molar-refractivity contribution >= 4 is 5.91 Å². The van der Waals surface area contributed by atoms with Gasteiger partial charge in [-0.2, -0.15) is 0 Å². The molecule has 1 amide bonds. The first kappa shape index (κ1) is 13.1. The molecule has 0 bridgehead atoms. The number of piperidine rings is 1. The van der Waals surface area contributed by atoms with E-state index in [9.17, 15) is 4.79 Å². The van der Waals surface area contributed by atoms with E-state index in [1.54, 1.807) is 0 Å². The number of nitrogens with one attached hydrogen (secondary N) is 1. The SMILES string of the molecule is Cc1ccc(CNC2CCN(CC(N)=O)CC2)o1. The van der Waals surface area contributed by atoms with E-state index in [0.717, 1.165) is 44.0 Å². The summed E-state index contributed by atoms with van der Waals surface area (Å²) in [6.45, 7) is 4.96. The first-order chi connectivity index (χ1) is 8.63. The second-order valence-corrected chi connectivity index (χ2v) is 4.91. The lowest BCUT2D eigenvalue weighted by Gasteiger charge is -2.31. The molecule has 3 N–H and O–H groups in total. The van der Waals surface area contributed by atoms with Crippen molar-refractivity contribution in [1.82, 2.24) is 10.2 Å². The zero-order chi connectivity index (χ0) is 13.0. The summed E-state index contributed by atoms with van der Waals surface area (Å²) in [4.78, 5) is 12.9. The average molecular weight is 251 g/mol. The Morgan fingerprint density at radius 2 is 2.22 bits per heavy atom. The quantitative estimate of drug-likeness (QED) is 0.805. The van der Waals surface area contributed by atoms with E-state index < -0.39 is 0 Å². The van der Waals surface area contributed by atoms with Gasteiger partial charge in [0.15, 0.2) is 0 Å². The Morgan fingerprint density at radius 3 is 2.78 bits per heavy atom. The molecular formula is C13H21N3O2. The number of aryl methyl sites for hydroxylation is 1. The molecule has 0 radical (unpaired) electrons. The van der Waals surface area contributed by atoms with Gasteiger partial charge in [-0.25, -0.2) is 0 Å². The van der Waals surface area contributed by atoms with Crippen LogP contribution < -0.4 is 11.1 Å². The first-order valence-electron chi connectivity index (χ1n) is 6.43. The van der Waals surface area contributed by atoms with Gasteiger partial charge in [0.05, 0.1) is 13.1 Å². The van der Waals surface area contributed by atoms with Crippen molar-refractivity contribution < 1.29 is 9.21 Å². The second-order valence-electron chi connectivity index (χ2n) is 4.91. The number of amides is 1. The molecule has 0 aromatic carbocycles. The maximum absolute atomic E-state index is 10.8. The highest BCUT2D eigenvalue weighted by molar-refractivity contribution is 5.75. The van der Waals surface area contributed by atoms with Gasteiger partial charge in [0.25, 0.3) is 0 Å². The summed E-state index contributed by atoms with van der Waals surface area (Å²) in [5, 5.41) is 3.49. The highest BCUT2D eigenvalue weighted by Gasteiger charge is 2.19. The first-order valence-corrected chi connectivity index (χ1v) is 6.43. The zero-order valence-corrected chi connectivity index (χ0v) is 10.8. The van der Waals surface area contributed by atoms with Crippen LogP contribution in [0.15, 0.2) is 16.5 Å². The second kappa shape index (κ2) is 6.02. The Morgan fingerprint density at radius 1 is 1.50 bits per heavy atom. The third-order valence-corrected chi connectivity index (χ3v) is 3.33. The van der Waals surface area contributed by atoms with Crippen LogP contribution in [0, 0.1) is 6.92 Å². The summed E-state index contributed by atoms with van der Waals surface area (Å²) in [6, 6.07) is 4.48. The molecule has 1 aliphatic heterocycles. The number of primary amides is 1. The number of nitrogens with two attached hydrogens (primary N) is 1. The predicted molar refractivity (Wildman–Crippen MR) is 68.9 cm³/mol. The van der Waals surface area contributed by atoms with Gasteiger partial charge in [0, 0.05) is 19.1 Å². The van der Waals surface area contributed by atoms with Crippen LogP contribution in [0.5, 0.6) is 0 Å². The summed E-state index contributed by atoms with van der Waals surface area (Å²) >= 11 is 0. The molecule has 5 heteroatoms. The van der Waals surface area contributed by atoms with E-state index in [0.29, 0.717) is 12.6 Å². The standard InChI is InChI=1S/C13H21N3O2/c1-10-2-3-12(18-10)8-15-11-4-6-16(7-5-11)9-13(14)17/h2-3,11,15H,4-9H2,1H3,(H2,14,17). The summed E-state index contributed by atoms with van der Waals surface area (Å²) in [6.07, 6.45) is 2.10. The molecule has 2 heterocycles. The number of likely N-dealkylation sites (tertiary alicyclic amines) is 1. The molecule has 0 atom stereocenters. The average Bonchev–Trinajstić information content (AvgIpc) is 2.74. The highest BCUT2D eigenvalue weighted by Crippen LogP contribution is 2.12. The topological polar surface area (TPSA) is 71.5 Å². The summed E-state index contributed by atoms with van der Waals surface area (Å²) in [7, 11) is 0. The highest BCUT2D eigenvalue weighted by atomic mass is 16.3. The third kappa shape index (κ3) is 3.85. The van der Waals surface area contributed by atoms with Crippen molar-refractivity contribution in [2.75, 3.05) is 19.6 Å². The van der Waals surface area contributed by atoms with Crippen LogP contribution in [0.2, 0.25) is 0 Å². The molecule has 0 aliphatic carbocycles. The van der Waals surface area contributed by atoms with Crippen LogP contribution in [0.3, 0.4) is 0 Å². The Labute approximate surface area is 107 Å². The molecule has 2 rings (SSSR count). The maximum atomic E-state index is 10.8. The minimum Gasteiger partial charge on any atom is -0.465 e. The van der Waals surface area contributed by atoms with E-state index in [1.807, 2.05) is 19.1 Å². The number of furan rings is 1. The molecule has 18 heavy (non-hydrogen) atoms. The van der Waals surface area contributed by atoms with E-state index in [2.05, 4.69) is 10.2 Å². The van der Waals surface area contributed by atoms with E-state index >= 15 is 0 Å². The van der Waals surface area contributed by atoms with Crippen LogP contribution in [-0.4, -0.2) is 36.5 Å². The number of carbonyl (C=O) groups excluding carboxylic acids is 1. The fraction of sp³-hybridized carbons (Fsp3) is 0.615. The van der Waals surface area contributed by atoms with E-state index in [-0.39, 0.29) is 5.91 Å². The minimum absolute atomic E-state index is 0.243. The lowest BCUT2D eigenvalue weighted by Crippen LogP contribution is -2.45. The number of nitrogens with zero attached hydrogens (tertiary/aromatic N) is 1. The van der Waals surface area contributed by atoms with Gasteiger partial charge < -0.3 is 15.5 Å². The van der Waals surface area contributed by atoms with Gasteiger partial charge in [-0.15, -0.1) is 0 Å². The Kier molecular flexibility index (Phi) is 4.38. The molecule has 1 aliphatic rings. The van der Waals surface area contributed by atoms with Crippen molar-refractivity contribution in [2.45, 2.75) is 32.4 Å². The van der Waals surface area contributed by atoms with Crippen LogP contribution in [0.1, 0.15) is 24.4 Å². The van der Waals surface area contributed by atoms with E-state index in [1.165, 1.54) is 0 Å². The maximum Gasteiger partial charge on any atom is 0.231 e. The summed E-state index contributed by atoms with van der Waals surface area (Å²) < 4.78 is 5.51. The van der Waals surface area contributed by atoms with Crippen molar-refractivity contribution in [2.24, 2.45) is 5.73 Å². The van der Waals surface area contributed by atoms with Crippen molar-refractivity contribution in [3.63, 3.8) is 0 Å². The molecular weight excluding hydrogens is 230 g/mol. The Balaban J connectivity index is 1.69. The molecule has 1 aromatic heterocycles. The van der Waals surface area contributed by atoms with Crippen LogP contribution >= 0.6 is 0 Å². The number of hydrogen-bond donors (Lipinski definition) is 2. The Bertz CT molecular complexity index is 395. The van der Waals surface area contributed by atoms with Crippen molar-refractivity contribution in [1.29, 1.82) is 0 Å². The molecule has 0 spiro atoms. The molecule has 0 unspecified atom stereocenters. The minimum atomic E-state index is -0.243. The Hall–Kier alpha value is -1.33. The third-order valence-electron chi connectivity index (χ3n) is 3.33. The normalized spacial score (nSPS) is 18.1. The lowest BCUT2D eigenvalue weighted by molar-refractivity contribution is -0.119. The predicted octanol–water partition coefficient (Wildman–Crippen LogP) is 0.627. The summed E-state index contributed by atoms with van der Waals surface area (Å²) in [5.41, 5.74) is 5.19. The number of carbonyl (C=O) groups is 1. The van der Waals surface area contributed by atoms with Crippen LogP contribution in [-0.2, 0) is 11.3 Å². The van der Waals surface area contributed by atoms with Crippen LogP contribution in [0.4, 0.5) is 0 Å². The molecule has 1 fully saturated rings. The smallest absolute Gasteiger partial charge is 0.231 e. The number of hydrogen-bond acceptors (Lipinski definition) is 4. The van der Waals surface area contributed by atoms with E-state index in [4.69, 9.17) is 10.2 Å². The molecule has 5 nitrogen and oxygen atoms in total. The van der Waals surface area contributed by atoms with Gasteiger partial charge >= 0.3 is 0 Å². The molecule has 1 aromatic rings. The fourth-order valence-electron chi connectivity index (χ4n) is 2.34. The monoisotopic (exact) mass is 251 g/mol.